The first kappa shape index (κ1) is 25.3. The second-order valence-electron chi connectivity index (χ2n) is 10.5. The topological polar surface area (TPSA) is 143 Å². The highest BCUT2D eigenvalue weighted by atomic mass is 79.9. The number of carbonyl (C=O) groups excluding carboxylic acids is 3. The molecule has 2 heterocycles. The Morgan fingerprint density at radius 3 is 2.57 bits per heavy atom. The fraction of sp³-hybridized carbons (Fsp3) is 0.542. The van der Waals surface area contributed by atoms with Gasteiger partial charge in [0.15, 0.2) is 0 Å². The lowest BCUT2D eigenvalue weighted by molar-refractivity contribution is -0.144. The van der Waals surface area contributed by atoms with Crippen molar-refractivity contribution in [2.24, 2.45) is 11.1 Å². The van der Waals surface area contributed by atoms with Gasteiger partial charge in [0, 0.05) is 29.6 Å². The van der Waals surface area contributed by atoms with Crippen LogP contribution in [0.3, 0.4) is 0 Å². The Labute approximate surface area is 212 Å². The van der Waals surface area contributed by atoms with Crippen molar-refractivity contribution in [3.8, 4) is 0 Å². The Hall–Kier alpha value is -2.79. The van der Waals surface area contributed by atoms with Crippen LogP contribution in [0.15, 0.2) is 34.9 Å². The Bertz CT molecular complexity index is 1130. The van der Waals surface area contributed by atoms with Gasteiger partial charge in [0.25, 0.3) is 0 Å². The maximum atomic E-state index is 13.8. The number of likely N-dealkylation sites (tertiary alicyclic amines) is 1. The minimum absolute atomic E-state index is 0.00576. The molecule has 188 valence electrons. The lowest BCUT2D eigenvalue weighted by Crippen LogP contribution is -2.52. The standard InChI is InChI=1S/C24H31BrN6O4/c1-24(2,3)20(31-12-17(28-29-31)13-7-8-13)23(35)30-11-16(32)10-18(30)22(34)27-19(21(26)33)14-5-4-6-15(25)9-14/h4-6,9,12-13,16,18-20,32H,7-8,10-11H2,1-3H3,(H2,26,33)(H,27,34)/t16-,18+,19?,20-/m1/s1. The van der Waals surface area contributed by atoms with Gasteiger partial charge in [-0.2, -0.15) is 0 Å². The largest absolute Gasteiger partial charge is 0.391 e. The zero-order valence-electron chi connectivity index (χ0n) is 20.0. The number of halogens is 1. The SMILES string of the molecule is CC(C)(C)[C@@H](C(=O)N1C[C@H](O)C[C@H]1C(=O)NC(C(N)=O)c1cccc(Br)c1)n1cc(C2CC2)nn1. The molecule has 4 N–H and O–H groups in total. The minimum atomic E-state index is -1.08. The van der Waals surface area contributed by atoms with Gasteiger partial charge in [-0.3, -0.25) is 14.4 Å². The molecule has 1 saturated carbocycles. The number of amides is 3. The maximum absolute atomic E-state index is 13.8. The minimum Gasteiger partial charge on any atom is -0.391 e. The molecule has 4 atom stereocenters. The van der Waals surface area contributed by atoms with Crippen LogP contribution < -0.4 is 11.1 Å². The second kappa shape index (κ2) is 9.69. The van der Waals surface area contributed by atoms with Crippen LogP contribution in [0.1, 0.15) is 69.3 Å². The fourth-order valence-electron chi connectivity index (χ4n) is 4.57. The smallest absolute Gasteiger partial charge is 0.248 e. The number of aliphatic hydroxyl groups excluding tert-OH is 1. The summed E-state index contributed by atoms with van der Waals surface area (Å²) in [4.78, 5) is 40.7. The fourth-order valence-corrected chi connectivity index (χ4v) is 4.99. The van der Waals surface area contributed by atoms with Crippen molar-refractivity contribution in [3.63, 3.8) is 0 Å². The number of nitrogens with two attached hydrogens (primary N) is 1. The lowest BCUT2D eigenvalue weighted by atomic mass is 9.85. The molecule has 1 unspecified atom stereocenters. The highest BCUT2D eigenvalue weighted by molar-refractivity contribution is 9.10. The van der Waals surface area contributed by atoms with Crippen LogP contribution in [0.2, 0.25) is 0 Å². The third kappa shape index (κ3) is 5.56. The maximum Gasteiger partial charge on any atom is 0.248 e. The van der Waals surface area contributed by atoms with Crippen LogP contribution >= 0.6 is 15.9 Å². The van der Waals surface area contributed by atoms with Crippen LogP contribution in [0.5, 0.6) is 0 Å². The van der Waals surface area contributed by atoms with Crippen molar-refractivity contribution in [2.75, 3.05) is 6.54 Å². The highest BCUT2D eigenvalue weighted by Crippen LogP contribution is 2.40. The van der Waals surface area contributed by atoms with Gasteiger partial charge in [0.1, 0.15) is 18.1 Å². The third-order valence-electron chi connectivity index (χ3n) is 6.46. The second-order valence-corrected chi connectivity index (χ2v) is 11.4. The molecule has 2 aromatic rings. The number of carbonyl (C=O) groups is 3. The van der Waals surface area contributed by atoms with Crippen molar-refractivity contribution in [2.45, 2.75) is 70.2 Å². The summed E-state index contributed by atoms with van der Waals surface area (Å²) in [6.45, 7) is 5.77. The van der Waals surface area contributed by atoms with E-state index < -0.39 is 41.5 Å². The van der Waals surface area contributed by atoms with E-state index in [1.165, 1.54) is 4.90 Å². The summed E-state index contributed by atoms with van der Waals surface area (Å²) in [5, 5.41) is 21.6. The van der Waals surface area contributed by atoms with Gasteiger partial charge >= 0.3 is 0 Å². The first-order valence-corrected chi connectivity index (χ1v) is 12.5. The molecule has 0 spiro atoms. The van der Waals surface area contributed by atoms with Crippen molar-refractivity contribution in [3.05, 3.63) is 46.2 Å². The number of primary amides is 1. The number of hydrogen-bond acceptors (Lipinski definition) is 6. The zero-order valence-corrected chi connectivity index (χ0v) is 21.6. The van der Waals surface area contributed by atoms with E-state index in [2.05, 4.69) is 31.6 Å². The molecule has 10 nitrogen and oxygen atoms in total. The van der Waals surface area contributed by atoms with Crippen molar-refractivity contribution < 1.29 is 19.5 Å². The van der Waals surface area contributed by atoms with E-state index in [1.54, 1.807) is 28.9 Å². The first-order valence-electron chi connectivity index (χ1n) is 11.7. The van der Waals surface area contributed by atoms with E-state index >= 15 is 0 Å². The van der Waals surface area contributed by atoms with Gasteiger partial charge < -0.3 is 21.1 Å². The summed E-state index contributed by atoms with van der Waals surface area (Å²) in [7, 11) is 0. The van der Waals surface area contributed by atoms with Crippen LogP contribution in [0.4, 0.5) is 0 Å². The molecule has 11 heteroatoms. The third-order valence-corrected chi connectivity index (χ3v) is 6.95. The van der Waals surface area contributed by atoms with Crippen LogP contribution in [0, 0.1) is 5.41 Å². The molecular weight excluding hydrogens is 516 g/mol. The Kier molecular flexibility index (Phi) is 7.01. The van der Waals surface area contributed by atoms with Crippen molar-refractivity contribution in [1.29, 1.82) is 0 Å². The van der Waals surface area contributed by atoms with E-state index in [4.69, 9.17) is 5.73 Å². The first-order chi connectivity index (χ1) is 16.5. The van der Waals surface area contributed by atoms with Gasteiger partial charge in [-0.1, -0.05) is 54.0 Å². The van der Waals surface area contributed by atoms with E-state index in [-0.39, 0.29) is 18.9 Å². The molecule has 0 bridgehead atoms. The number of β-amino-alcohol motifs (C(OH)–C–C–N with tert-alkyl or cyclic N) is 1. The predicted molar refractivity (Wildman–Crippen MR) is 131 cm³/mol. The average molecular weight is 547 g/mol. The number of nitrogens with one attached hydrogen (secondary N) is 1. The number of benzene rings is 1. The van der Waals surface area contributed by atoms with Gasteiger partial charge in [-0.25, -0.2) is 4.68 Å². The molecule has 1 aliphatic heterocycles. The van der Waals surface area contributed by atoms with Gasteiger partial charge in [-0.05, 0) is 36.0 Å². The molecule has 1 aliphatic carbocycles. The van der Waals surface area contributed by atoms with E-state index in [9.17, 15) is 19.5 Å². The van der Waals surface area contributed by atoms with E-state index in [0.717, 1.165) is 23.0 Å². The van der Waals surface area contributed by atoms with E-state index in [1.807, 2.05) is 27.0 Å². The van der Waals surface area contributed by atoms with Crippen LogP contribution in [-0.4, -0.2) is 61.4 Å². The Balaban J connectivity index is 1.58. The molecule has 0 radical (unpaired) electrons. The van der Waals surface area contributed by atoms with Crippen LogP contribution in [0.25, 0.3) is 0 Å². The number of aliphatic hydroxyl groups is 1. The summed E-state index contributed by atoms with van der Waals surface area (Å²) in [6, 6.07) is 4.15. The number of hydrogen-bond donors (Lipinski definition) is 3. The summed E-state index contributed by atoms with van der Waals surface area (Å²) in [5.74, 6) is -1.23. The van der Waals surface area contributed by atoms with Crippen molar-refractivity contribution >= 4 is 33.7 Å². The van der Waals surface area contributed by atoms with Crippen LogP contribution in [-0.2, 0) is 14.4 Å². The number of nitrogens with zero attached hydrogens (tertiary/aromatic N) is 4. The zero-order chi connectivity index (χ0) is 25.5. The normalized spacial score (nSPS) is 22.0. The van der Waals surface area contributed by atoms with Gasteiger partial charge in [-0.15, -0.1) is 5.10 Å². The number of aromatic nitrogens is 3. The Morgan fingerprint density at radius 1 is 1.26 bits per heavy atom. The summed E-state index contributed by atoms with van der Waals surface area (Å²) in [6.07, 6.45) is 3.12. The quantitative estimate of drug-likeness (QED) is 0.483. The molecule has 1 saturated heterocycles. The molecule has 1 aromatic heterocycles. The molecule has 35 heavy (non-hydrogen) atoms. The van der Waals surface area contributed by atoms with Gasteiger partial charge in [0.2, 0.25) is 17.7 Å². The van der Waals surface area contributed by atoms with Gasteiger partial charge in [0.05, 0.1) is 11.8 Å². The predicted octanol–water partition coefficient (Wildman–Crippen LogP) is 1.81. The van der Waals surface area contributed by atoms with Crippen molar-refractivity contribution in [1.82, 2.24) is 25.2 Å². The summed E-state index contributed by atoms with van der Waals surface area (Å²) in [5.41, 5.74) is 6.42. The number of rotatable bonds is 7. The lowest BCUT2D eigenvalue weighted by Gasteiger charge is -2.34. The molecular formula is C24H31BrN6O4. The molecule has 2 fully saturated rings. The Morgan fingerprint density at radius 2 is 1.97 bits per heavy atom. The molecule has 3 amide bonds. The summed E-state index contributed by atoms with van der Waals surface area (Å²) >= 11 is 3.36. The highest BCUT2D eigenvalue weighted by Gasteiger charge is 2.46. The monoisotopic (exact) mass is 546 g/mol. The molecule has 2 aliphatic rings. The molecule has 4 rings (SSSR count). The summed E-state index contributed by atoms with van der Waals surface area (Å²) < 4.78 is 2.30. The molecule has 1 aromatic carbocycles. The van der Waals surface area contributed by atoms with E-state index in [0.29, 0.717) is 11.5 Å². The average Bonchev–Trinajstić information content (AvgIpc) is 3.38.